The number of hydrogen-bond donors (Lipinski definition) is 2. The molecule has 18 heavy (non-hydrogen) atoms. The number of aromatic nitrogens is 2. The van der Waals surface area contributed by atoms with Gasteiger partial charge in [0.05, 0.1) is 24.9 Å². The van der Waals surface area contributed by atoms with E-state index >= 15 is 0 Å². The van der Waals surface area contributed by atoms with E-state index in [1.807, 2.05) is 4.72 Å². The van der Waals surface area contributed by atoms with E-state index in [0.29, 0.717) is 0 Å². The van der Waals surface area contributed by atoms with Crippen LogP contribution in [-0.4, -0.2) is 49.0 Å². The molecule has 1 atom stereocenters. The van der Waals surface area contributed by atoms with Gasteiger partial charge in [0.2, 0.25) is 0 Å². The van der Waals surface area contributed by atoms with Crippen LogP contribution in [0.15, 0.2) is 11.2 Å². The summed E-state index contributed by atoms with van der Waals surface area (Å²) in [6, 6.07) is -1.40. The molecule has 1 rings (SSSR count). The number of esters is 1. The largest absolute Gasteiger partial charge is 0.468 e. The molecule has 102 valence electrons. The summed E-state index contributed by atoms with van der Waals surface area (Å²) in [6.07, 6.45) is 1.15. The number of sulfonamides is 1. The highest BCUT2D eigenvalue weighted by molar-refractivity contribution is 7.89. The third-order valence-corrected chi connectivity index (χ3v) is 4.04. The predicted octanol–water partition coefficient (Wildman–Crippen LogP) is -1.11. The zero-order chi connectivity index (χ0) is 13.9. The molecule has 0 amide bonds. The van der Waals surface area contributed by atoms with Crippen LogP contribution in [0.4, 0.5) is 0 Å². The number of halogens is 1. The van der Waals surface area contributed by atoms with Gasteiger partial charge in [0.1, 0.15) is 6.04 Å². The molecule has 0 saturated carbocycles. The third-order valence-electron chi connectivity index (χ3n) is 2.06. The standard InChI is InChI=1S/C8H12ClN3O5S/c1-12-7(5(9)3-10-12)18(15,16)11-6(4-13)8(14)17-2/h3,6,11,13H,4H2,1-2H3. The van der Waals surface area contributed by atoms with Gasteiger partial charge in [0, 0.05) is 7.05 Å². The minimum Gasteiger partial charge on any atom is -0.468 e. The van der Waals surface area contributed by atoms with Crippen LogP contribution >= 0.6 is 11.6 Å². The van der Waals surface area contributed by atoms with Gasteiger partial charge in [0.25, 0.3) is 10.0 Å². The van der Waals surface area contributed by atoms with Crippen LogP contribution in [0.3, 0.4) is 0 Å². The van der Waals surface area contributed by atoms with Crippen molar-refractivity contribution in [2.45, 2.75) is 11.1 Å². The first-order valence-electron chi connectivity index (χ1n) is 4.72. The van der Waals surface area contributed by atoms with E-state index < -0.39 is 28.6 Å². The van der Waals surface area contributed by atoms with Crippen molar-refractivity contribution in [3.8, 4) is 0 Å². The zero-order valence-electron chi connectivity index (χ0n) is 9.62. The normalized spacial score (nSPS) is 13.3. The molecule has 2 N–H and O–H groups in total. The monoisotopic (exact) mass is 297 g/mol. The van der Waals surface area contributed by atoms with Gasteiger partial charge in [-0.05, 0) is 0 Å². The Hall–Kier alpha value is -1.16. The molecule has 0 aliphatic carbocycles. The Labute approximate surface area is 109 Å². The van der Waals surface area contributed by atoms with Crippen molar-refractivity contribution in [1.82, 2.24) is 14.5 Å². The molecule has 8 nitrogen and oxygen atoms in total. The zero-order valence-corrected chi connectivity index (χ0v) is 11.2. The van der Waals surface area contributed by atoms with Gasteiger partial charge >= 0.3 is 5.97 Å². The number of methoxy groups -OCH3 is 1. The molecule has 0 saturated heterocycles. The summed E-state index contributed by atoms with van der Waals surface area (Å²) in [5, 5.41) is 12.2. The topological polar surface area (TPSA) is 111 Å². The Balaban J connectivity index is 3.05. The molecule has 0 bridgehead atoms. The van der Waals surface area contributed by atoms with Crippen molar-refractivity contribution in [1.29, 1.82) is 0 Å². The van der Waals surface area contributed by atoms with E-state index in [4.69, 9.17) is 16.7 Å². The fraction of sp³-hybridized carbons (Fsp3) is 0.500. The third kappa shape index (κ3) is 2.99. The van der Waals surface area contributed by atoms with Crippen molar-refractivity contribution in [2.75, 3.05) is 13.7 Å². The van der Waals surface area contributed by atoms with Crippen LogP contribution in [-0.2, 0) is 26.6 Å². The molecule has 10 heteroatoms. The summed E-state index contributed by atoms with van der Waals surface area (Å²) in [5.74, 6) is -0.903. The molecule has 1 aromatic heterocycles. The first-order chi connectivity index (χ1) is 8.33. The summed E-state index contributed by atoms with van der Waals surface area (Å²) in [5.41, 5.74) is 0. The Morgan fingerprint density at radius 3 is 2.72 bits per heavy atom. The van der Waals surface area contributed by atoms with Gasteiger partial charge < -0.3 is 9.84 Å². The summed E-state index contributed by atoms with van der Waals surface area (Å²) in [6.45, 7) is -0.735. The number of nitrogens with one attached hydrogen (secondary N) is 1. The first-order valence-corrected chi connectivity index (χ1v) is 6.58. The maximum absolute atomic E-state index is 11.9. The lowest BCUT2D eigenvalue weighted by molar-refractivity contribution is -0.143. The van der Waals surface area contributed by atoms with Crippen LogP contribution in [0.1, 0.15) is 0 Å². The fourth-order valence-corrected chi connectivity index (χ4v) is 3.08. The van der Waals surface area contributed by atoms with Gasteiger partial charge in [-0.1, -0.05) is 11.6 Å². The number of aliphatic hydroxyl groups is 1. The van der Waals surface area contributed by atoms with Crippen molar-refractivity contribution in [3.63, 3.8) is 0 Å². The highest BCUT2D eigenvalue weighted by Crippen LogP contribution is 2.19. The minimum atomic E-state index is -4.09. The summed E-state index contributed by atoms with van der Waals surface area (Å²) < 4.78 is 31.3. The minimum absolute atomic E-state index is 0.0912. The van der Waals surface area contributed by atoms with E-state index in [1.165, 1.54) is 7.05 Å². The lowest BCUT2D eigenvalue weighted by atomic mass is 10.3. The second-order valence-electron chi connectivity index (χ2n) is 3.30. The Kier molecular flexibility index (Phi) is 4.68. The van der Waals surface area contributed by atoms with Crippen molar-refractivity contribution < 1.29 is 23.1 Å². The summed E-state index contributed by atoms with van der Waals surface area (Å²) >= 11 is 5.69. The molecule has 0 spiro atoms. The van der Waals surface area contributed by atoms with Crippen LogP contribution < -0.4 is 4.72 Å². The number of nitrogens with zero attached hydrogens (tertiary/aromatic N) is 2. The van der Waals surface area contributed by atoms with Crippen LogP contribution in [0, 0.1) is 0 Å². The average Bonchev–Trinajstić information content (AvgIpc) is 2.65. The number of carbonyl (C=O) groups excluding carboxylic acids is 1. The number of ether oxygens (including phenoxy) is 1. The molecular weight excluding hydrogens is 286 g/mol. The van der Waals surface area contributed by atoms with E-state index in [0.717, 1.165) is 18.0 Å². The van der Waals surface area contributed by atoms with Crippen LogP contribution in [0.25, 0.3) is 0 Å². The first kappa shape index (κ1) is 14.9. The van der Waals surface area contributed by atoms with Crippen LogP contribution in [0.2, 0.25) is 5.02 Å². The van der Waals surface area contributed by atoms with Gasteiger partial charge in [-0.15, -0.1) is 0 Å². The van der Waals surface area contributed by atoms with E-state index in [9.17, 15) is 13.2 Å². The molecule has 1 heterocycles. The Bertz CT molecular complexity index is 521. The predicted molar refractivity (Wildman–Crippen MR) is 61.4 cm³/mol. The number of hydrogen-bond acceptors (Lipinski definition) is 6. The second kappa shape index (κ2) is 5.65. The smallest absolute Gasteiger partial charge is 0.326 e. The summed E-state index contributed by atoms with van der Waals surface area (Å²) in [4.78, 5) is 11.2. The summed E-state index contributed by atoms with van der Waals surface area (Å²) in [7, 11) is -1.63. The van der Waals surface area contributed by atoms with Crippen LogP contribution in [0.5, 0.6) is 0 Å². The van der Waals surface area contributed by atoms with E-state index in [1.54, 1.807) is 0 Å². The highest BCUT2D eigenvalue weighted by Gasteiger charge is 2.29. The quantitative estimate of drug-likeness (QED) is 0.667. The van der Waals surface area contributed by atoms with E-state index in [2.05, 4.69) is 9.84 Å². The van der Waals surface area contributed by atoms with Crippen molar-refractivity contribution >= 4 is 27.6 Å². The lowest BCUT2D eigenvalue weighted by Crippen LogP contribution is -2.44. The number of carbonyl (C=O) groups is 1. The molecule has 0 fully saturated rings. The van der Waals surface area contributed by atoms with Crippen molar-refractivity contribution in [2.24, 2.45) is 7.05 Å². The Morgan fingerprint density at radius 2 is 2.33 bits per heavy atom. The molecule has 1 aromatic rings. The molecule has 0 aliphatic rings. The maximum Gasteiger partial charge on any atom is 0.326 e. The molecular formula is C8H12ClN3O5S. The van der Waals surface area contributed by atoms with Gasteiger partial charge in [0.15, 0.2) is 5.03 Å². The molecule has 0 aliphatic heterocycles. The van der Waals surface area contributed by atoms with Crippen molar-refractivity contribution in [3.05, 3.63) is 11.2 Å². The second-order valence-corrected chi connectivity index (χ2v) is 5.34. The number of aliphatic hydroxyl groups excluding tert-OH is 1. The SMILES string of the molecule is COC(=O)C(CO)NS(=O)(=O)c1c(Cl)cnn1C. The Morgan fingerprint density at radius 1 is 1.72 bits per heavy atom. The fourth-order valence-electron chi connectivity index (χ4n) is 1.25. The average molecular weight is 298 g/mol. The molecule has 1 unspecified atom stereocenters. The van der Waals surface area contributed by atoms with Gasteiger partial charge in [-0.3, -0.25) is 9.48 Å². The molecule has 0 radical (unpaired) electrons. The number of rotatable bonds is 5. The van der Waals surface area contributed by atoms with Gasteiger partial charge in [-0.2, -0.15) is 9.82 Å². The molecule has 0 aromatic carbocycles. The van der Waals surface area contributed by atoms with Gasteiger partial charge in [-0.25, -0.2) is 8.42 Å². The maximum atomic E-state index is 11.9. The van der Waals surface area contributed by atoms with E-state index in [-0.39, 0.29) is 10.0 Å². The highest BCUT2D eigenvalue weighted by atomic mass is 35.5. The lowest BCUT2D eigenvalue weighted by Gasteiger charge is -2.14. The number of aryl methyl sites for hydroxylation is 1.